The van der Waals surface area contributed by atoms with Gasteiger partial charge in [0.1, 0.15) is 6.17 Å². The molecule has 2 atom stereocenters. The number of para-hydroxylation sites is 2. The lowest BCUT2D eigenvalue weighted by atomic mass is 10.1. The van der Waals surface area contributed by atoms with Crippen LogP contribution in [0.25, 0.3) is 0 Å². The van der Waals surface area contributed by atoms with Gasteiger partial charge >= 0.3 is 0 Å². The van der Waals surface area contributed by atoms with E-state index in [1.54, 1.807) is 30.1 Å². The third-order valence-electron chi connectivity index (χ3n) is 5.11. The van der Waals surface area contributed by atoms with Gasteiger partial charge in [-0.25, -0.2) is 4.39 Å². The topological polar surface area (TPSA) is 49.9 Å². The van der Waals surface area contributed by atoms with Gasteiger partial charge in [0.2, 0.25) is 5.91 Å². The Kier molecular flexibility index (Phi) is 4.66. The van der Waals surface area contributed by atoms with Crippen LogP contribution in [0.15, 0.2) is 48.5 Å². The highest BCUT2D eigenvalue weighted by atomic mass is 19.1. The van der Waals surface area contributed by atoms with Crippen LogP contribution < -0.4 is 9.96 Å². The number of nitrogens with zero attached hydrogens (tertiary/aromatic N) is 2. The molecule has 2 heterocycles. The Morgan fingerprint density at radius 2 is 1.48 bits per heavy atom. The van der Waals surface area contributed by atoms with Crippen LogP contribution in [0.3, 0.4) is 0 Å². The maximum Gasteiger partial charge on any atom is 0.253 e. The molecule has 27 heavy (non-hydrogen) atoms. The van der Waals surface area contributed by atoms with Crippen LogP contribution in [0.4, 0.5) is 15.8 Å². The quantitative estimate of drug-likeness (QED) is 0.818. The highest BCUT2D eigenvalue weighted by molar-refractivity contribution is 5.95. The number of hydrogen-bond donors (Lipinski definition) is 0. The van der Waals surface area contributed by atoms with Gasteiger partial charge in [0.05, 0.1) is 24.6 Å². The molecule has 2 aromatic rings. The van der Waals surface area contributed by atoms with Crippen molar-refractivity contribution in [1.82, 2.24) is 0 Å². The van der Waals surface area contributed by atoms with Crippen molar-refractivity contribution < 1.29 is 18.8 Å². The molecule has 2 aliphatic rings. The Hall–Kier alpha value is -2.73. The molecule has 5 nitrogen and oxygen atoms in total. The minimum Gasteiger partial charge on any atom is -0.315 e. The first-order valence-electron chi connectivity index (χ1n) is 9.09. The summed E-state index contributed by atoms with van der Waals surface area (Å²) in [6.45, 7) is 0. The number of benzene rings is 2. The largest absolute Gasteiger partial charge is 0.315 e. The van der Waals surface area contributed by atoms with E-state index >= 15 is 0 Å². The Morgan fingerprint density at radius 1 is 0.852 bits per heavy atom. The van der Waals surface area contributed by atoms with E-state index in [0.717, 1.165) is 16.8 Å². The minimum atomic E-state index is -1.24. The molecule has 140 valence electrons. The molecule has 0 saturated heterocycles. The zero-order valence-electron chi connectivity index (χ0n) is 15.1. The number of hydrogen-bond acceptors (Lipinski definition) is 3. The lowest BCUT2D eigenvalue weighted by Crippen LogP contribution is -2.38. The van der Waals surface area contributed by atoms with E-state index in [4.69, 9.17) is 4.84 Å². The molecule has 0 spiro atoms. The fraction of sp³-hybridized carbons (Fsp3) is 0.333. The van der Waals surface area contributed by atoms with Gasteiger partial charge in [-0.1, -0.05) is 36.4 Å². The molecule has 0 N–H and O–H groups in total. The summed E-state index contributed by atoms with van der Waals surface area (Å²) in [5.41, 5.74) is 3.11. The number of alkyl halides is 1. The second kappa shape index (κ2) is 7.12. The molecule has 2 unspecified atom stereocenters. The smallest absolute Gasteiger partial charge is 0.253 e. The fourth-order valence-corrected chi connectivity index (χ4v) is 3.73. The third-order valence-corrected chi connectivity index (χ3v) is 5.11. The number of hydroxylamine groups is 1. The standard InChI is InChI=1S/C21H21FN2O3/c1-23-18-8-4-2-7-15(18)11-17(13-20(23)25)27-24-19-9-5-3-6-14(19)10-16(22)12-21(24)26/h2-9,16-17H,10-13H2,1H3. The summed E-state index contributed by atoms with van der Waals surface area (Å²) >= 11 is 0. The Morgan fingerprint density at radius 3 is 2.22 bits per heavy atom. The number of anilines is 2. The van der Waals surface area contributed by atoms with Crippen LogP contribution in [0.1, 0.15) is 24.0 Å². The first kappa shape index (κ1) is 17.7. The Labute approximate surface area is 157 Å². The average Bonchev–Trinajstić information content (AvgIpc) is 2.84. The molecular weight excluding hydrogens is 347 g/mol. The summed E-state index contributed by atoms with van der Waals surface area (Å²) in [6.07, 6.45) is -1.15. The first-order valence-corrected chi connectivity index (χ1v) is 9.09. The van der Waals surface area contributed by atoms with Gasteiger partial charge in [0.25, 0.3) is 5.91 Å². The van der Waals surface area contributed by atoms with E-state index < -0.39 is 18.2 Å². The predicted octanol–water partition coefficient (Wildman–Crippen LogP) is 3.21. The van der Waals surface area contributed by atoms with Crippen molar-refractivity contribution in [2.45, 2.75) is 38.0 Å². The Balaban J connectivity index is 1.65. The van der Waals surface area contributed by atoms with Gasteiger partial charge < -0.3 is 4.90 Å². The molecule has 4 rings (SSSR count). The second-order valence-electron chi connectivity index (χ2n) is 7.04. The van der Waals surface area contributed by atoms with Gasteiger partial charge in [-0.3, -0.25) is 14.4 Å². The van der Waals surface area contributed by atoms with Gasteiger partial charge in [0.15, 0.2) is 0 Å². The van der Waals surface area contributed by atoms with E-state index in [9.17, 15) is 14.0 Å². The summed E-state index contributed by atoms with van der Waals surface area (Å²) in [7, 11) is 1.74. The number of halogens is 1. The number of carbonyl (C=O) groups is 2. The van der Waals surface area contributed by atoms with Crippen molar-refractivity contribution >= 4 is 23.2 Å². The normalized spacial score (nSPS) is 22.7. The van der Waals surface area contributed by atoms with E-state index in [1.165, 1.54) is 5.06 Å². The fourth-order valence-electron chi connectivity index (χ4n) is 3.73. The van der Waals surface area contributed by atoms with Crippen molar-refractivity contribution in [2.24, 2.45) is 0 Å². The van der Waals surface area contributed by atoms with Crippen molar-refractivity contribution in [3.05, 3.63) is 59.7 Å². The molecule has 0 saturated carbocycles. The van der Waals surface area contributed by atoms with Crippen LogP contribution in [-0.4, -0.2) is 31.1 Å². The maximum atomic E-state index is 14.1. The highest BCUT2D eigenvalue weighted by Crippen LogP contribution is 2.32. The predicted molar refractivity (Wildman–Crippen MR) is 100 cm³/mol. The van der Waals surface area contributed by atoms with E-state index in [-0.39, 0.29) is 25.2 Å². The second-order valence-corrected chi connectivity index (χ2v) is 7.04. The monoisotopic (exact) mass is 368 g/mol. The molecule has 0 aromatic heterocycles. The zero-order chi connectivity index (χ0) is 19.0. The minimum absolute atomic E-state index is 0.0797. The van der Waals surface area contributed by atoms with Gasteiger partial charge in [-0.05, 0) is 23.3 Å². The molecule has 2 aromatic carbocycles. The summed E-state index contributed by atoms with van der Waals surface area (Å²) in [4.78, 5) is 32.8. The van der Waals surface area contributed by atoms with Gasteiger partial charge in [-0.15, -0.1) is 0 Å². The van der Waals surface area contributed by atoms with Gasteiger partial charge in [0, 0.05) is 25.6 Å². The van der Waals surface area contributed by atoms with Crippen molar-refractivity contribution in [2.75, 3.05) is 17.0 Å². The molecular formula is C21H21FN2O3. The molecule has 2 aliphatic heterocycles. The summed E-state index contributed by atoms with van der Waals surface area (Å²) in [6, 6.07) is 14.8. The summed E-state index contributed by atoms with van der Waals surface area (Å²) < 4.78 is 14.1. The number of fused-ring (bicyclic) bond motifs is 2. The molecule has 0 radical (unpaired) electrons. The number of carbonyl (C=O) groups excluding carboxylic acids is 2. The van der Waals surface area contributed by atoms with Crippen LogP contribution in [0, 0.1) is 0 Å². The molecule has 2 amide bonds. The number of rotatable bonds is 2. The Bertz CT molecular complexity index is 885. The van der Waals surface area contributed by atoms with Crippen LogP contribution >= 0.6 is 0 Å². The van der Waals surface area contributed by atoms with Crippen LogP contribution in [0.5, 0.6) is 0 Å². The van der Waals surface area contributed by atoms with E-state index in [2.05, 4.69) is 0 Å². The first-order chi connectivity index (χ1) is 13.0. The lowest BCUT2D eigenvalue weighted by Gasteiger charge is -2.26. The zero-order valence-corrected chi connectivity index (χ0v) is 15.1. The van der Waals surface area contributed by atoms with E-state index in [0.29, 0.717) is 12.1 Å². The lowest BCUT2D eigenvalue weighted by molar-refractivity contribution is -0.132. The SMILES string of the molecule is CN1C(=O)CC(ON2C(=O)CC(F)Cc3ccccc32)Cc2ccccc21. The molecule has 0 bridgehead atoms. The molecule has 0 aliphatic carbocycles. The van der Waals surface area contributed by atoms with Crippen LogP contribution in [-0.2, 0) is 27.3 Å². The summed E-state index contributed by atoms with van der Waals surface area (Å²) in [5, 5.41) is 1.20. The van der Waals surface area contributed by atoms with Gasteiger partial charge in [-0.2, -0.15) is 5.06 Å². The van der Waals surface area contributed by atoms with Crippen molar-refractivity contribution in [3.8, 4) is 0 Å². The average molecular weight is 368 g/mol. The maximum absolute atomic E-state index is 14.1. The number of amides is 2. The van der Waals surface area contributed by atoms with E-state index in [1.807, 2.05) is 30.3 Å². The summed E-state index contributed by atoms with van der Waals surface area (Å²) in [5.74, 6) is -0.505. The molecule has 0 fully saturated rings. The third kappa shape index (κ3) is 3.45. The van der Waals surface area contributed by atoms with Crippen molar-refractivity contribution in [1.29, 1.82) is 0 Å². The highest BCUT2D eigenvalue weighted by Gasteiger charge is 2.33. The molecule has 6 heteroatoms. The van der Waals surface area contributed by atoms with Crippen molar-refractivity contribution in [3.63, 3.8) is 0 Å². The van der Waals surface area contributed by atoms with Crippen LogP contribution in [0.2, 0.25) is 0 Å².